The standard InChI is InChI=1S/C15H18ClNO4/c1-10(21-12-5-3-4-11(16)8-12)13(18)17-7-6-15(2,9-17)14(19)20/h3-5,8,10H,6-7,9H2,1-2H3,(H,19,20). The molecule has 0 bridgehead atoms. The normalized spacial score (nSPS) is 22.9. The van der Waals surface area contributed by atoms with E-state index in [0.29, 0.717) is 23.7 Å². The fraction of sp³-hybridized carbons (Fsp3) is 0.467. The van der Waals surface area contributed by atoms with Gasteiger partial charge in [0.05, 0.1) is 5.41 Å². The molecule has 2 atom stereocenters. The minimum Gasteiger partial charge on any atom is -0.481 e. The van der Waals surface area contributed by atoms with Crippen molar-refractivity contribution in [3.8, 4) is 5.75 Å². The van der Waals surface area contributed by atoms with Crippen LogP contribution in [0.2, 0.25) is 5.02 Å². The van der Waals surface area contributed by atoms with Gasteiger partial charge >= 0.3 is 5.97 Å². The molecule has 0 saturated carbocycles. The first kappa shape index (κ1) is 15.6. The molecule has 1 fully saturated rings. The number of hydrogen-bond acceptors (Lipinski definition) is 3. The monoisotopic (exact) mass is 311 g/mol. The van der Waals surface area contributed by atoms with Crippen molar-refractivity contribution in [1.82, 2.24) is 4.90 Å². The Hall–Kier alpha value is -1.75. The molecule has 1 saturated heterocycles. The van der Waals surface area contributed by atoms with Gasteiger partial charge in [-0.1, -0.05) is 17.7 Å². The van der Waals surface area contributed by atoms with Gasteiger partial charge in [0.25, 0.3) is 5.91 Å². The third kappa shape index (κ3) is 3.47. The summed E-state index contributed by atoms with van der Waals surface area (Å²) in [5.74, 6) is -0.565. The molecule has 1 aliphatic heterocycles. The molecule has 1 amide bonds. The first-order chi connectivity index (χ1) is 9.82. The number of benzene rings is 1. The van der Waals surface area contributed by atoms with Crippen LogP contribution in [0.5, 0.6) is 5.75 Å². The van der Waals surface area contributed by atoms with Crippen LogP contribution in [0.15, 0.2) is 24.3 Å². The zero-order valence-corrected chi connectivity index (χ0v) is 12.8. The van der Waals surface area contributed by atoms with Gasteiger partial charge in [-0.15, -0.1) is 0 Å². The zero-order chi connectivity index (χ0) is 15.6. The maximum atomic E-state index is 12.3. The molecule has 0 aliphatic carbocycles. The maximum Gasteiger partial charge on any atom is 0.311 e. The summed E-state index contributed by atoms with van der Waals surface area (Å²) in [5.41, 5.74) is -0.870. The van der Waals surface area contributed by atoms with Crippen LogP contribution in [0.1, 0.15) is 20.3 Å². The highest BCUT2D eigenvalue weighted by molar-refractivity contribution is 6.30. The summed E-state index contributed by atoms with van der Waals surface area (Å²) < 4.78 is 5.57. The molecule has 1 heterocycles. The van der Waals surface area contributed by atoms with Gasteiger partial charge in [-0.05, 0) is 38.5 Å². The van der Waals surface area contributed by atoms with Gasteiger partial charge in [0.15, 0.2) is 6.10 Å². The SMILES string of the molecule is CC(Oc1cccc(Cl)c1)C(=O)N1CCC(C)(C(=O)O)C1. The molecule has 0 aromatic heterocycles. The third-order valence-electron chi connectivity index (χ3n) is 3.76. The van der Waals surface area contributed by atoms with E-state index in [4.69, 9.17) is 16.3 Å². The fourth-order valence-electron chi connectivity index (χ4n) is 2.38. The number of carbonyl (C=O) groups excluding carboxylic acids is 1. The van der Waals surface area contributed by atoms with Crippen LogP contribution >= 0.6 is 11.6 Å². The van der Waals surface area contributed by atoms with E-state index in [1.165, 1.54) is 0 Å². The van der Waals surface area contributed by atoms with Crippen molar-refractivity contribution < 1.29 is 19.4 Å². The highest BCUT2D eigenvalue weighted by atomic mass is 35.5. The average molecular weight is 312 g/mol. The molecule has 2 unspecified atom stereocenters. The fourth-order valence-corrected chi connectivity index (χ4v) is 2.56. The summed E-state index contributed by atoms with van der Waals surface area (Å²) in [7, 11) is 0. The Labute approximate surface area is 128 Å². The van der Waals surface area contributed by atoms with Crippen LogP contribution in [-0.2, 0) is 9.59 Å². The topological polar surface area (TPSA) is 66.8 Å². The van der Waals surface area contributed by atoms with Gasteiger partial charge in [-0.25, -0.2) is 0 Å². The van der Waals surface area contributed by atoms with Crippen molar-refractivity contribution in [3.63, 3.8) is 0 Å². The van der Waals surface area contributed by atoms with Gasteiger partial charge in [-0.2, -0.15) is 0 Å². The first-order valence-electron chi connectivity index (χ1n) is 6.76. The molecule has 1 aromatic carbocycles. The van der Waals surface area contributed by atoms with Crippen LogP contribution < -0.4 is 4.74 Å². The summed E-state index contributed by atoms with van der Waals surface area (Å²) in [6.07, 6.45) is -0.225. The zero-order valence-electron chi connectivity index (χ0n) is 12.0. The number of carboxylic acid groups (broad SMARTS) is 1. The maximum absolute atomic E-state index is 12.3. The van der Waals surface area contributed by atoms with Gasteiger partial charge in [-0.3, -0.25) is 9.59 Å². The summed E-state index contributed by atoms with van der Waals surface area (Å²) in [4.78, 5) is 25.1. The van der Waals surface area contributed by atoms with Gasteiger partial charge in [0.1, 0.15) is 5.75 Å². The molecular formula is C15H18ClNO4. The van der Waals surface area contributed by atoms with E-state index in [-0.39, 0.29) is 12.5 Å². The molecular weight excluding hydrogens is 294 g/mol. The van der Waals surface area contributed by atoms with E-state index in [0.717, 1.165) is 0 Å². The Kier molecular flexibility index (Phi) is 4.42. The number of halogens is 1. The minimum atomic E-state index is -0.874. The third-order valence-corrected chi connectivity index (χ3v) is 3.99. The van der Waals surface area contributed by atoms with Crippen molar-refractivity contribution in [2.45, 2.75) is 26.4 Å². The Morgan fingerprint density at radius 1 is 1.48 bits per heavy atom. The number of hydrogen-bond donors (Lipinski definition) is 1. The van der Waals surface area contributed by atoms with Crippen LogP contribution in [-0.4, -0.2) is 41.1 Å². The highest BCUT2D eigenvalue weighted by Gasteiger charge is 2.43. The molecule has 0 spiro atoms. The minimum absolute atomic E-state index is 0.208. The molecule has 0 radical (unpaired) electrons. The highest BCUT2D eigenvalue weighted by Crippen LogP contribution is 2.30. The number of likely N-dealkylation sites (tertiary alicyclic amines) is 1. The molecule has 5 nitrogen and oxygen atoms in total. The lowest BCUT2D eigenvalue weighted by Crippen LogP contribution is -2.41. The van der Waals surface area contributed by atoms with Crippen molar-refractivity contribution >= 4 is 23.5 Å². The largest absolute Gasteiger partial charge is 0.481 e. The summed E-state index contributed by atoms with van der Waals surface area (Å²) >= 11 is 5.87. The van der Waals surface area contributed by atoms with Crippen LogP contribution in [0, 0.1) is 5.41 Å². The van der Waals surface area contributed by atoms with Crippen LogP contribution in [0.25, 0.3) is 0 Å². The van der Waals surface area contributed by atoms with Gasteiger partial charge in [0.2, 0.25) is 0 Å². The van der Waals surface area contributed by atoms with Crippen LogP contribution in [0.4, 0.5) is 0 Å². The number of amides is 1. The lowest BCUT2D eigenvalue weighted by Gasteiger charge is -2.23. The Balaban J connectivity index is 1.99. The second-order valence-corrected chi connectivity index (χ2v) is 6.03. The Morgan fingerprint density at radius 3 is 2.76 bits per heavy atom. The molecule has 1 N–H and O–H groups in total. The number of aliphatic carboxylic acids is 1. The number of ether oxygens (including phenoxy) is 1. The smallest absolute Gasteiger partial charge is 0.311 e. The second kappa shape index (κ2) is 5.93. The molecule has 21 heavy (non-hydrogen) atoms. The Morgan fingerprint density at radius 2 is 2.19 bits per heavy atom. The van der Waals surface area contributed by atoms with E-state index in [2.05, 4.69) is 0 Å². The number of rotatable bonds is 4. The first-order valence-corrected chi connectivity index (χ1v) is 7.14. The molecule has 114 valence electrons. The predicted octanol–water partition coefficient (Wildman–Crippen LogP) is 2.43. The summed E-state index contributed by atoms with van der Waals surface area (Å²) in [6, 6.07) is 6.82. The van der Waals surface area contributed by atoms with Gasteiger partial charge in [0, 0.05) is 18.1 Å². The van der Waals surface area contributed by atoms with Crippen molar-refractivity contribution in [1.29, 1.82) is 0 Å². The van der Waals surface area contributed by atoms with Crippen molar-refractivity contribution in [3.05, 3.63) is 29.3 Å². The van der Waals surface area contributed by atoms with E-state index < -0.39 is 17.5 Å². The number of carbonyl (C=O) groups is 2. The summed E-state index contributed by atoms with van der Waals surface area (Å²) in [5, 5.41) is 9.73. The number of nitrogens with zero attached hydrogens (tertiary/aromatic N) is 1. The van der Waals surface area contributed by atoms with Crippen LogP contribution in [0.3, 0.4) is 0 Å². The average Bonchev–Trinajstić information content (AvgIpc) is 2.82. The lowest BCUT2D eigenvalue weighted by molar-refractivity contribution is -0.147. The predicted molar refractivity (Wildman–Crippen MR) is 78.5 cm³/mol. The van der Waals surface area contributed by atoms with E-state index in [1.54, 1.807) is 43.0 Å². The van der Waals surface area contributed by atoms with Crippen molar-refractivity contribution in [2.75, 3.05) is 13.1 Å². The molecule has 2 rings (SSSR count). The van der Waals surface area contributed by atoms with E-state index >= 15 is 0 Å². The van der Waals surface area contributed by atoms with Crippen molar-refractivity contribution in [2.24, 2.45) is 5.41 Å². The lowest BCUT2D eigenvalue weighted by atomic mass is 9.90. The molecule has 6 heteroatoms. The molecule has 1 aromatic rings. The number of carboxylic acids is 1. The van der Waals surface area contributed by atoms with E-state index in [1.807, 2.05) is 0 Å². The van der Waals surface area contributed by atoms with Gasteiger partial charge < -0.3 is 14.7 Å². The molecule has 1 aliphatic rings. The van der Waals surface area contributed by atoms with E-state index in [9.17, 15) is 14.7 Å². The Bertz CT molecular complexity index is 562. The second-order valence-electron chi connectivity index (χ2n) is 5.59. The summed E-state index contributed by atoms with van der Waals surface area (Å²) in [6.45, 7) is 3.96. The quantitative estimate of drug-likeness (QED) is 0.927.